The molecule has 0 fully saturated rings. The molecule has 0 spiro atoms. The van der Waals surface area contributed by atoms with E-state index in [0.717, 1.165) is 39.2 Å². The van der Waals surface area contributed by atoms with Crippen molar-refractivity contribution in [2.45, 2.75) is 53.2 Å². The van der Waals surface area contributed by atoms with Gasteiger partial charge in [-0.1, -0.05) is 82.3 Å². The van der Waals surface area contributed by atoms with Crippen molar-refractivity contribution in [2.24, 2.45) is 0 Å². The second-order valence-electron chi connectivity index (χ2n) is 10.3. The minimum atomic E-state index is -2.66. The van der Waals surface area contributed by atoms with Crippen LogP contribution in [0.4, 0.5) is 0 Å². The predicted octanol–water partition coefficient (Wildman–Crippen LogP) is 10.2. The number of fused-ring (bicyclic) bond motifs is 3. The van der Waals surface area contributed by atoms with Crippen LogP contribution in [0.25, 0.3) is 55.7 Å². The molecular formula is C36H34N2O. The highest BCUT2D eigenvalue weighted by atomic mass is 16.3. The maximum atomic E-state index is 9.12. The van der Waals surface area contributed by atoms with E-state index in [-0.39, 0.29) is 16.8 Å². The summed E-state index contributed by atoms with van der Waals surface area (Å²) in [5.41, 5.74) is 5.56. The van der Waals surface area contributed by atoms with Crippen molar-refractivity contribution in [1.29, 1.82) is 0 Å². The van der Waals surface area contributed by atoms with Crippen molar-refractivity contribution < 1.29 is 15.4 Å². The Morgan fingerprint density at radius 1 is 0.718 bits per heavy atom. The summed E-state index contributed by atoms with van der Waals surface area (Å²) >= 11 is 0. The predicted molar refractivity (Wildman–Crippen MR) is 163 cm³/mol. The van der Waals surface area contributed by atoms with Gasteiger partial charge in [0.05, 0.1) is 11.4 Å². The lowest BCUT2D eigenvalue weighted by atomic mass is 9.84. The van der Waals surface area contributed by atoms with Crippen LogP contribution < -0.4 is 0 Å². The number of hydrogen-bond donors (Lipinski definition) is 0. The van der Waals surface area contributed by atoms with Crippen LogP contribution in [-0.4, -0.2) is 9.97 Å². The number of aromatic nitrogens is 2. The molecule has 0 saturated carbocycles. The van der Waals surface area contributed by atoms with Crippen LogP contribution in [0.5, 0.6) is 0 Å². The Hall–Kier alpha value is -4.24. The summed E-state index contributed by atoms with van der Waals surface area (Å²) in [5, 5.41) is 1.45. The average Bonchev–Trinajstić information content (AvgIpc) is 3.37. The maximum Gasteiger partial charge on any atom is 0.227 e. The largest absolute Gasteiger partial charge is 0.437 e. The van der Waals surface area contributed by atoms with Crippen molar-refractivity contribution in [3.05, 3.63) is 107 Å². The molecule has 3 heterocycles. The van der Waals surface area contributed by atoms with Gasteiger partial charge in [0.1, 0.15) is 5.58 Å². The lowest BCUT2D eigenvalue weighted by molar-refractivity contribution is 0.655. The van der Waals surface area contributed by atoms with E-state index in [1.807, 2.05) is 88.4 Å². The average molecular weight is 519 g/mol. The summed E-state index contributed by atoms with van der Waals surface area (Å²) in [6, 6.07) is 24.4. The molecule has 194 valence electrons. The van der Waals surface area contributed by atoms with Gasteiger partial charge in [0, 0.05) is 39.1 Å². The van der Waals surface area contributed by atoms with Crippen LogP contribution >= 0.6 is 0 Å². The third kappa shape index (κ3) is 4.42. The molecule has 6 aromatic rings. The maximum absolute atomic E-state index is 9.12. The van der Waals surface area contributed by atoms with Gasteiger partial charge in [-0.2, -0.15) is 0 Å². The Bertz CT molecular complexity index is 2100. The quantitative estimate of drug-likeness (QED) is 0.228. The van der Waals surface area contributed by atoms with Gasteiger partial charge in [0.2, 0.25) is 5.71 Å². The molecule has 0 unspecified atom stereocenters. The number of rotatable bonds is 5. The van der Waals surface area contributed by atoms with Gasteiger partial charge in [-0.15, -0.1) is 0 Å². The van der Waals surface area contributed by atoms with Crippen LogP contribution in [0.1, 0.15) is 72.7 Å². The molecule has 6 rings (SSSR count). The first kappa shape index (κ1) is 17.4. The Morgan fingerprint density at radius 3 is 2.15 bits per heavy atom. The summed E-state index contributed by atoms with van der Waals surface area (Å²) < 4.78 is 72.0. The highest BCUT2D eigenvalue weighted by Crippen LogP contribution is 2.41. The second kappa shape index (κ2) is 9.81. The number of hydrogen-bond acceptors (Lipinski definition) is 3. The lowest BCUT2D eigenvalue weighted by Crippen LogP contribution is -2.02. The molecule has 3 aromatic heterocycles. The Labute approximate surface area is 241 Å². The molecule has 0 saturated heterocycles. The van der Waals surface area contributed by atoms with E-state index >= 15 is 0 Å². The topological polar surface area (TPSA) is 38.9 Å². The fourth-order valence-electron chi connectivity index (χ4n) is 5.13. The first-order chi connectivity index (χ1) is 21.8. The van der Waals surface area contributed by atoms with E-state index in [2.05, 4.69) is 4.98 Å². The third-order valence-electron chi connectivity index (χ3n) is 7.12. The Kier molecular flexibility index (Phi) is 4.37. The van der Waals surface area contributed by atoms with Gasteiger partial charge >= 0.3 is 0 Å². The summed E-state index contributed by atoms with van der Waals surface area (Å²) in [6.45, 7) is 2.00. The number of benzene rings is 3. The summed E-state index contributed by atoms with van der Waals surface area (Å²) in [6.07, 6.45) is 1.11. The molecule has 0 radical (unpaired) electrons. The molecule has 3 nitrogen and oxygen atoms in total. The molecule has 3 aromatic carbocycles. The van der Waals surface area contributed by atoms with Crippen molar-refractivity contribution in [3.8, 4) is 33.6 Å². The fourth-order valence-corrected chi connectivity index (χ4v) is 5.13. The smallest absolute Gasteiger partial charge is 0.227 e. The van der Waals surface area contributed by atoms with E-state index in [4.69, 9.17) is 20.4 Å². The van der Waals surface area contributed by atoms with E-state index in [0.29, 0.717) is 28.1 Å². The van der Waals surface area contributed by atoms with Crippen molar-refractivity contribution in [2.75, 3.05) is 0 Å². The zero-order valence-corrected chi connectivity index (χ0v) is 22.4. The second-order valence-corrected chi connectivity index (χ2v) is 10.3. The first-order valence-corrected chi connectivity index (χ1v) is 12.9. The number of furan rings is 1. The highest BCUT2D eigenvalue weighted by molar-refractivity contribution is 6.08. The lowest BCUT2D eigenvalue weighted by Gasteiger charge is -2.21. The third-order valence-corrected chi connectivity index (χ3v) is 7.12. The van der Waals surface area contributed by atoms with Gasteiger partial charge in [0.15, 0.2) is 0 Å². The van der Waals surface area contributed by atoms with Gasteiger partial charge in [-0.05, 0) is 83.1 Å². The van der Waals surface area contributed by atoms with Gasteiger partial charge in [0.25, 0.3) is 0 Å². The summed E-state index contributed by atoms with van der Waals surface area (Å²) in [7, 11) is 0. The van der Waals surface area contributed by atoms with Crippen molar-refractivity contribution in [3.63, 3.8) is 0 Å². The summed E-state index contributed by atoms with van der Waals surface area (Å²) in [5.74, 6) is -2.05. The standard InChI is InChI=1S/C36H34N2O/c1-21(2)30-18-26(25-11-8-7-9-12-25)19-31(22(3)4)34(30)32-16-15-28-27-13-10-14-29(35(27)39-36(28)38-32)33-17-23(5)24(6)20-37-33/h7-22H,1-6H3/i5D3,6D3,21D,22D. The number of para-hydroxylation sites is 1. The van der Waals surface area contributed by atoms with Gasteiger partial charge < -0.3 is 4.42 Å². The number of nitrogens with zero attached hydrogens (tertiary/aromatic N) is 2. The van der Waals surface area contributed by atoms with E-state index in [1.54, 1.807) is 12.1 Å². The molecular weight excluding hydrogens is 476 g/mol. The highest BCUT2D eigenvalue weighted by Gasteiger charge is 2.21. The molecule has 0 aliphatic heterocycles. The minimum absolute atomic E-state index is 0.266. The Balaban J connectivity index is 1.58. The molecule has 0 bridgehead atoms. The van der Waals surface area contributed by atoms with Crippen LogP contribution in [0.3, 0.4) is 0 Å². The normalized spacial score (nSPS) is 16.0. The SMILES string of the molecule is [2H]C([2H])([2H])c1cnc(-c2cccc3c2oc2nc(-c4c(C([2H])(C)C)cc(-c5ccccc5)cc4C([2H])(C)C)ccc23)cc1C([2H])([2H])[2H]. The van der Waals surface area contributed by atoms with Gasteiger partial charge in [-0.3, -0.25) is 4.98 Å². The first-order valence-electron chi connectivity index (χ1n) is 16.9. The molecule has 0 atom stereocenters. The molecule has 39 heavy (non-hydrogen) atoms. The van der Waals surface area contributed by atoms with E-state index < -0.39 is 25.5 Å². The molecule has 0 amide bonds. The molecule has 3 heteroatoms. The van der Waals surface area contributed by atoms with Gasteiger partial charge in [-0.25, -0.2) is 4.98 Å². The Morgan fingerprint density at radius 2 is 1.46 bits per heavy atom. The van der Waals surface area contributed by atoms with E-state index in [9.17, 15) is 0 Å². The van der Waals surface area contributed by atoms with Crippen LogP contribution in [0.2, 0.25) is 0 Å². The molecule has 0 N–H and O–H groups in total. The van der Waals surface area contributed by atoms with E-state index in [1.165, 1.54) is 6.07 Å². The zero-order chi connectivity index (χ0) is 34.1. The monoisotopic (exact) mass is 518 g/mol. The number of aryl methyl sites for hydroxylation is 2. The van der Waals surface area contributed by atoms with Crippen LogP contribution in [0.15, 0.2) is 89.5 Å². The molecule has 0 aliphatic carbocycles. The fraction of sp³-hybridized carbons (Fsp3) is 0.222. The van der Waals surface area contributed by atoms with Crippen LogP contribution in [-0.2, 0) is 0 Å². The minimum Gasteiger partial charge on any atom is -0.437 e. The number of pyridine rings is 2. The zero-order valence-electron chi connectivity index (χ0n) is 30.4. The van der Waals surface area contributed by atoms with Crippen LogP contribution in [0, 0.1) is 13.7 Å². The summed E-state index contributed by atoms with van der Waals surface area (Å²) in [4.78, 5) is 9.31. The molecule has 0 aliphatic rings. The van der Waals surface area contributed by atoms with Crippen molar-refractivity contribution in [1.82, 2.24) is 9.97 Å². The van der Waals surface area contributed by atoms with Crippen molar-refractivity contribution >= 4 is 22.1 Å².